The summed E-state index contributed by atoms with van der Waals surface area (Å²) in [6.45, 7) is 0.739. The fourth-order valence-electron chi connectivity index (χ4n) is 1.50. The number of nitrogens with one attached hydrogen (secondary N) is 1. The third-order valence-electron chi connectivity index (χ3n) is 2.34. The molecule has 3 nitrogen and oxygen atoms in total. The topological polar surface area (TPSA) is 42.0 Å². The number of thioether (sulfide) groups is 2. The predicted octanol–water partition coefficient (Wildman–Crippen LogP) is 2.42. The molecule has 2 rings (SSSR count). The maximum Gasteiger partial charge on any atom is 0.252 e. The molecule has 1 aliphatic rings. The Balaban J connectivity index is 1.84. The van der Waals surface area contributed by atoms with Crippen LogP contribution in [-0.4, -0.2) is 39.9 Å². The lowest BCUT2D eigenvalue weighted by Gasteiger charge is -2.21. The number of carbonyl (C=O) groups is 1. The van der Waals surface area contributed by atoms with Gasteiger partial charge in [-0.05, 0) is 22.0 Å². The first-order valence-electron chi connectivity index (χ1n) is 5.34. The Bertz CT molecular complexity index is 397. The number of amides is 1. The first-order valence-corrected chi connectivity index (χ1v) is 8.33. The van der Waals surface area contributed by atoms with Crippen molar-refractivity contribution < 1.29 is 4.79 Å². The second kappa shape index (κ2) is 6.66. The average molecular weight is 333 g/mol. The van der Waals surface area contributed by atoms with Crippen molar-refractivity contribution in [3.8, 4) is 0 Å². The van der Waals surface area contributed by atoms with Crippen LogP contribution in [-0.2, 0) is 0 Å². The van der Waals surface area contributed by atoms with E-state index in [1.54, 1.807) is 18.5 Å². The van der Waals surface area contributed by atoms with Crippen molar-refractivity contribution in [1.82, 2.24) is 10.3 Å². The zero-order valence-corrected chi connectivity index (χ0v) is 12.4. The fraction of sp³-hybridized carbons (Fsp3) is 0.455. The van der Waals surface area contributed by atoms with E-state index >= 15 is 0 Å². The van der Waals surface area contributed by atoms with Gasteiger partial charge in [-0.15, -0.1) is 0 Å². The molecule has 0 radical (unpaired) electrons. The molecule has 1 aliphatic heterocycles. The summed E-state index contributed by atoms with van der Waals surface area (Å²) < 4.78 is 0.827. The van der Waals surface area contributed by atoms with Crippen LogP contribution in [0.25, 0.3) is 0 Å². The SMILES string of the molecule is O=C(NC[C@@H]1CSCCS1)c1cncc(Br)c1. The van der Waals surface area contributed by atoms with Crippen LogP contribution in [0.15, 0.2) is 22.9 Å². The Morgan fingerprint density at radius 3 is 3.12 bits per heavy atom. The van der Waals surface area contributed by atoms with E-state index in [1.807, 2.05) is 23.5 Å². The molecule has 1 saturated heterocycles. The summed E-state index contributed by atoms with van der Waals surface area (Å²) in [5, 5.41) is 3.50. The summed E-state index contributed by atoms with van der Waals surface area (Å²) in [6, 6.07) is 1.78. The van der Waals surface area contributed by atoms with Crippen LogP contribution in [0.4, 0.5) is 0 Å². The van der Waals surface area contributed by atoms with Gasteiger partial charge in [-0.2, -0.15) is 23.5 Å². The molecule has 0 saturated carbocycles. The number of hydrogen-bond acceptors (Lipinski definition) is 4. The van der Waals surface area contributed by atoms with Gasteiger partial charge in [-0.1, -0.05) is 0 Å². The van der Waals surface area contributed by atoms with E-state index < -0.39 is 0 Å². The molecule has 0 aromatic carbocycles. The molecule has 92 valence electrons. The van der Waals surface area contributed by atoms with Gasteiger partial charge in [0.05, 0.1) is 5.56 Å². The number of nitrogens with zero attached hydrogens (tertiary/aromatic N) is 1. The van der Waals surface area contributed by atoms with Crippen LogP contribution in [0.5, 0.6) is 0 Å². The molecule has 1 atom stereocenters. The molecule has 1 aromatic heterocycles. The first kappa shape index (κ1) is 13.2. The van der Waals surface area contributed by atoms with Gasteiger partial charge >= 0.3 is 0 Å². The highest BCUT2D eigenvalue weighted by molar-refractivity contribution is 9.10. The molecule has 1 aromatic rings. The molecule has 0 aliphatic carbocycles. The molecule has 2 heterocycles. The molecule has 0 spiro atoms. The monoisotopic (exact) mass is 332 g/mol. The normalized spacial score (nSPS) is 19.9. The summed E-state index contributed by atoms with van der Waals surface area (Å²) in [6.07, 6.45) is 3.26. The van der Waals surface area contributed by atoms with Crippen molar-refractivity contribution in [2.45, 2.75) is 5.25 Å². The van der Waals surface area contributed by atoms with Gasteiger partial charge in [0, 0.05) is 45.9 Å². The van der Waals surface area contributed by atoms with Crippen LogP contribution in [0, 0.1) is 0 Å². The molecule has 1 fully saturated rings. The largest absolute Gasteiger partial charge is 0.351 e. The van der Waals surface area contributed by atoms with Crippen LogP contribution >= 0.6 is 39.5 Å². The Labute approximate surface area is 118 Å². The van der Waals surface area contributed by atoms with Gasteiger partial charge in [-0.3, -0.25) is 9.78 Å². The zero-order valence-electron chi connectivity index (χ0n) is 9.19. The van der Waals surface area contributed by atoms with Crippen LogP contribution in [0.2, 0.25) is 0 Å². The molecule has 0 unspecified atom stereocenters. The van der Waals surface area contributed by atoms with E-state index in [-0.39, 0.29) is 5.91 Å². The molecule has 6 heteroatoms. The van der Waals surface area contributed by atoms with Crippen molar-refractivity contribution in [3.05, 3.63) is 28.5 Å². The average Bonchev–Trinajstić information content (AvgIpc) is 2.37. The van der Waals surface area contributed by atoms with E-state index in [1.165, 1.54) is 11.5 Å². The minimum Gasteiger partial charge on any atom is -0.351 e. The molecule has 1 amide bonds. The maximum absolute atomic E-state index is 11.9. The van der Waals surface area contributed by atoms with Crippen molar-refractivity contribution in [2.75, 3.05) is 23.8 Å². The Morgan fingerprint density at radius 2 is 2.41 bits per heavy atom. The van der Waals surface area contributed by atoms with Crippen molar-refractivity contribution in [3.63, 3.8) is 0 Å². The minimum atomic E-state index is -0.0463. The van der Waals surface area contributed by atoms with Crippen molar-refractivity contribution in [1.29, 1.82) is 0 Å². The zero-order chi connectivity index (χ0) is 12.1. The standard InChI is InChI=1S/C11H13BrN2OS2/c12-9-3-8(4-13-5-9)11(15)14-6-10-7-16-1-2-17-10/h3-5,10H,1-2,6-7H2,(H,14,15)/t10-/m1/s1. The molecule has 17 heavy (non-hydrogen) atoms. The molecular weight excluding hydrogens is 320 g/mol. The van der Waals surface area contributed by atoms with Gasteiger partial charge < -0.3 is 5.32 Å². The smallest absolute Gasteiger partial charge is 0.252 e. The van der Waals surface area contributed by atoms with Gasteiger partial charge in [0.2, 0.25) is 0 Å². The van der Waals surface area contributed by atoms with E-state index in [0.717, 1.165) is 16.8 Å². The number of hydrogen-bond donors (Lipinski definition) is 1. The van der Waals surface area contributed by atoms with E-state index in [4.69, 9.17) is 0 Å². The Morgan fingerprint density at radius 1 is 1.53 bits per heavy atom. The first-order chi connectivity index (χ1) is 8.25. The third kappa shape index (κ3) is 4.19. The number of halogens is 1. The lowest BCUT2D eigenvalue weighted by atomic mass is 10.2. The summed E-state index contributed by atoms with van der Waals surface area (Å²) in [7, 11) is 0. The number of pyridine rings is 1. The highest BCUT2D eigenvalue weighted by Gasteiger charge is 2.15. The van der Waals surface area contributed by atoms with Crippen LogP contribution < -0.4 is 5.32 Å². The second-order valence-electron chi connectivity index (χ2n) is 3.67. The Kier molecular flexibility index (Phi) is 5.18. The highest BCUT2D eigenvalue weighted by Crippen LogP contribution is 2.23. The Hall–Kier alpha value is -0.200. The lowest BCUT2D eigenvalue weighted by molar-refractivity contribution is 0.0954. The molecule has 0 bridgehead atoms. The van der Waals surface area contributed by atoms with E-state index in [9.17, 15) is 4.79 Å². The van der Waals surface area contributed by atoms with Crippen molar-refractivity contribution in [2.24, 2.45) is 0 Å². The number of aromatic nitrogens is 1. The van der Waals surface area contributed by atoms with Gasteiger partial charge in [-0.25, -0.2) is 0 Å². The van der Waals surface area contributed by atoms with Crippen LogP contribution in [0.3, 0.4) is 0 Å². The third-order valence-corrected chi connectivity index (χ3v) is 5.62. The maximum atomic E-state index is 11.9. The van der Waals surface area contributed by atoms with Gasteiger partial charge in [0.15, 0.2) is 0 Å². The van der Waals surface area contributed by atoms with Crippen molar-refractivity contribution >= 4 is 45.4 Å². The van der Waals surface area contributed by atoms with E-state index in [2.05, 4.69) is 26.2 Å². The van der Waals surface area contributed by atoms with E-state index in [0.29, 0.717) is 10.8 Å². The summed E-state index contributed by atoms with van der Waals surface area (Å²) in [5.74, 6) is 3.49. The lowest BCUT2D eigenvalue weighted by Crippen LogP contribution is -2.33. The summed E-state index contributed by atoms with van der Waals surface area (Å²) in [5.41, 5.74) is 0.604. The molecular formula is C11H13BrN2OS2. The van der Waals surface area contributed by atoms with Crippen LogP contribution in [0.1, 0.15) is 10.4 Å². The highest BCUT2D eigenvalue weighted by atomic mass is 79.9. The minimum absolute atomic E-state index is 0.0463. The van der Waals surface area contributed by atoms with Gasteiger partial charge in [0.25, 0.3) is 5.91 Å². The fourth-order valence-corrected chi connectivity index (χ4v) is 4.48. The quantitative estimate of drug-likeness (QED) is 0.923. The number of rotatable bonds is 3. The molecule has 1 N–H and O–H groups in total. The predicted molar refractivity (Wildman–Crippen MR) is 77.8 cm³/mol. The summed E-state index contributed by atoms with van der Waals surface area (Å²) >= 11 is 7.21. The second-order valence-corrected chi connectivity index (χ2v) is 7.14. The van der Waals surface area contributed by atoms with Gasteiger partial charge in [0.1, 0.15) is 0 Å². The number of carbonyl (C=O) groups excluding carboxylic acids is 1. The summed E-state index contributed by atoms with van der Waals surface area (Å²) in [4.78, 5) is 15.8.